The topological polar surface area (TPSA) is 77.0 Å². The largest absolute Gasteiger partial charge is 0.462 e. The maximum absolute atomic E-state index is 11.6. The molecule has 7 heteroatoms. The summed E-state index contributed by atoms with van der Waals surface area (Å²) >= 11 is 5.75. The molecule has 1 aromatic carbocycles. The van der Waals surface area contributed by atoms with Gasteiger partial charge in [-0.05, 0) is 52.0 Å². The molecule has 0 aliphatic carbocycles. The molecule has 0 atom stereocenters. The van der Waals surface area contributed by atoms with Crippen molar-refractivity contribution in [3.05, 3.63) is 29.8 Å². The molecule has 0 spiro atoms. The third-order valence-corrected chi connectivity index (χ3v) is 2.49. The lowest BCUT2D eigenvalue weighted by Gasteiger charge is -2.18. The third-order valence-electron chi connectivity index (χ3n) is 2.25. The molecular formula is C15H19ClN2O4. The predicted octanol–water partition coefficient (Wildman–Crippen LogP) is 3.17. The molecule has 0 fully saturated rings. The molecule has 120 valence electrons. The number of hydrogen-bond acceptors (Lipinski definition) is 6. The molecule has 0 heterocycles. The number of ether oxygens (including phenoxy) is 2. The maximum Gasteiger partial charge on any atom is 0.371 e. The van der Waals surface area contributed by atoms with Crippen LogP contribution in [0.15, 0.2) is 29.4 Å². The van der Waals surface area contributed by atoms with Crippen molar-refractivity contribution < 1.29 is 19.1 Å². The summed E-state index contributed by atoms with van der Waals surface area (Å²) in [6, 6.07) is 6.40. The first-order valence-corrected chi connectivity index (χ1v) is 7.10. The van der Waals surface area contributed by atoms with Crippen LogP contribution in [0.3, 0.4) is 0 Å². The average molecular weight is 327 g/mol. The van der Waals surface area contributed by atoms with E-state index in [0.29, 0.717) is 17.9 Å². The minimum Gasteiger partial charge on any atom is -0.462 e. The van der Waals surface area contributed by atoms with Crippen LogP contribution in [0.1, 0.15) is 38.1 Å². The highest BCUT2D eigenvalue weighted by Gasteiger charge is 2.19. The van der Waals surface area contributed by atoms with Crippen LogP contribution >= 0.6 is 11.6 Å². The Labute approximate surface area is 134 Å². The smallest absolute Gasteiger partial charge is 0.371 e. The quantitative estimate of drug-likeness (QED) is 0.511. The summed E-state index contributed by atoms with van der Waals surface area (Å²) in [5.41, 5.74) is 2.96. The zero-order valence-electron chi connectivity index (χ0n) is 13.0. The molecule has 22 heavy (non-hydrogen) atoms. The monoisotopic (exact) mass is 326 g/mol. The van der Waals surface area contributed by atoms with E-state index in [9.17, 15) is 9.59 Å². The molecule has 0 radical (unpaired) electrons. The number of carbonyl (C=O) groups is 2. The highest BCUT2D eigenvalue weighted by Crippen LogP contribution is 2.12. The summed E-state index contributed by atoms with van der Waals surface area (Å²) in [6.07, 6.45) is 0. The van der Waals surface area contributed by atoms with Gasteiger partial charge in [-0.25, -0.2) is 9.59 Å². The van der Waals surface area contributed by atoms with E-state index >= 15 is 0 Å². The van der Waals surface area contributed by atoms with Crippen LogP contribution in [0, 0.1) is 0 Å². The number of hydrogen-bond donors (Lipinski definition) is 1. The summed E-state index contributed by atoms with van der Waals surface area (Å²) in [5.74, 6) is -1.12. The Morgan fingerprint density at radius 1 is 1.23 bits per heavy atom. The van der Waals surface area contributed by atoms with Crippen molar-refractivity contribution >= 4 is 34.4 Å². The molecule has 6 nitrogen and oxygen atoms in total. The van der Waals surface area contributed by atoms with Crippen molar-refractivity contribution in [2.24, 2.45) is 5.10 Å². The molecule has 0 bridgehead atoms. The van der Waals surface area contributed by atoms with Gasteiger partial charge in [-0.3, -0.25) is 5.43 Å². The van der Waals surface area contributed by atoms with Gasteiger partial charge in [0.1, 0.15) is 5.60 Å². The van der Waals surface area contributed by atoms with Gasteiger partial charge in [0.05, 0.1) is 17.9 Å². The lowest BCUT2D eigenvalue weighted by atomic mass is 10.2. The molecule has 1 rings (SSSR count). The Morgan fingerprint density at radius 2 is 1.82 bits per heavy atom. The summed E-state index contributed by atoms with van der Waals surface area (Å²) < 4.78 is 9.94. The highest BCUT2D eigenvalue weighted by atomic mass is 35.5. The molecule has 0 saturated heterocycles. The summed E-state index contributed by atoms with van der Waals surface area (Å²) in [5, 5.41) is 3.42. The third kappa shape index (κ3) is 6.13. The minimum atomic E-state index is -0.718. The van der Waals surface area contributed by atoms with E-state index in [4.69, 9.17) is 21.1 Å². The molecule has 0 saturated carbocycles. The van der Waals surface area contributed by atoms with Gasteiger partial charge in [-0.2, -0.15) is 5.10 Å². The number of nitrogens with one attached hydrogen (secondary N) is 1. The van der Waals surface area contributed by atoms with Crippen LogP contribution in [0.5, 0.6) is 0 Å². The fourth-order valence-electron chi connectivity index (χ4n) is 1.37. The van der Waals surface area contributed by atoms with E-state index in [0.717, 1.165) is 0 Å². The number of halogens is 1. The lowest BCUT2D eigenvalue weighted by Crippen LogP contribution is -2.27. The normalized spacial score (nSPS) is 11.8. The first-order chi connectivity index (χ1) is 10.2. The van der Waals surface area contributed by atoms with Gasteiger partial charge in [0.15, 0.2) is 0 Å². The van der Waals surface area contributed by atoms with E-state index in [2.05, 4.69) is 10.5 Å². The summed E-state index contributed by atoms with van der Waals surface area (Å²) in [7, 11) is 0. The van der Waals surface area contributed by atoms with Gasteiger partial charge < -0.3 is 9.47 Å². The number of esters is 2. The average Bonchev–Trinajstić information content (AvgIpc) is 2.43. The standard InChI is InChI=1S/C15H19ClN2O4/c1-5-21-13(19)10-6-8-11(9-7-10)17-18-12(16)14(20)22-15(2,3)4/h6-9,17H,5H2,1-4H3/b18-12-. The Hall–Kier alpha value is -2.08. The van der Waals surface area contributed by atoms with Crippen LogP contribution in [-0.4, -0.2) is 29.3 Å². The Kier molecular flexibility index (Phi) is 6.37. The lowest BCUT2D eigenvalue weighted by molar-refractivity contribution is -0.145. The number of rotatable bonds is 5. The van der Waals surface area contributed by atoms with Crippen molar-refractivity contribution in [1.82, 2.24) is 0 Å². The van der Waals surface area contributed by atoms with Crippen LogP contribution in [-0.2, 0) is 14.3 Å². The number of hydrazone groups is 1. The van der Waals surface area contributed by atoms with Crippen molar-refractivity contribution in [3.63, 3.8) is 0 Å². The molecular weight excluding hydrogens is 308 g/mol. The van der Waals surface area contributed by atoms with Gasteiger partial charge >= 0.3 is 11.9 Å². The number of anilines is 1. The van der Waals surface area contributed by atoms with Gasteiger partial charge in [0.2, 0.25) is 5.17 Å². The van der Waals surface area contributed by atoms with Crippen molar-refractivity contribution in [2.45, 2.75) is 33.3 Å². The van der Waals surface area contributed by atoms with E-state index in [1.165, 1.54) is 0 Å². The maximum atomic E-state index is 11.6. The summed E-state index contributed by atoms with van der Waals surface area (Å²) in [6.45, 7) is 7.25. The fourth-order valence-corrected chi connectivity index (χ4v) is 1.46. The number of carbonyl (C=O) groups excluding carboxylic acids is 2. The summed E-state index contributed by atoms with van der Waals surface area (Å²) in [4.78, 5) is 23.1. The fraction of sp³-hybridized carbons (Fsp3) is 0.400. The van der Waals surface area contributed by atoms with Gasteiger partial charge in [-0.1, -0.05) is 11.6 Å². The molecule has 0 aromatic heterocycles. The molecule has 0 unspecified atom stereocenters. The van der Waals surface area contributed by atoms with Crippen molar-refractivity contribution in [2.75, 3.05) is 12.0 Å². The highest BCUT2D eigenvalue weighted by molar-refractivity contribution is 6.82. The molecule has 0 aliphatic heterocycles. The van der Waals surface area contributed by atoms with E-state index in [1.54, 1.807) is 52.0 Å². The zero-order chi connectivity index (χ0) is 16.8. The Morgan fingerprint density at radius 3 is 2.32 bits per heavy atom. The van der Waals surface area contributed by atoms with Crippen molar-refractivity contribution in [1.29, 1.82) is 0 Å². The van der Waals surface area contributed by atoms with Crippen LogP contribution < -0.4 is 5.43 Å². The zero-order valence-corrected chi connectivity index (χ0v) is 13.7. The first-order valence-electron chi connectivity index (χ1n) is 6.72. The van der Waals surface area contributed by atoms with E-state index in [1.807, 2.05) is 0 Å². The number of nitrogens with zero attached hydrogens (tertiary/aromatic N) is 1. The SMILES string of the molecule is CCOC(=O)c1ccc(N/N=C(\Cl)C(=O)OC(C)(C)C)cc1. The Balaban J connectivity index is 2.66. The minimum absolute atomic E-state index is 0.314. The molecule has 0 aliphatic rings. The van der Waals surface area contributed by atoms with E-state index < -0.39 is 17.5 Å². The Bertz CT molecular complexity index is 562. The van der Waals surface area contributed by atoms with Crippen LogP contribution in [0.4, 0.5) is 5.69 Å². The number of benzene rings is 1. The van der Waals surface area contributed by atoms with Gasteiger partial charge in [0, 0.05) is 0 Å². The van der Waals surface area contributed by atoms with Gasteiger partial charge in [-0.15, -0.1) is 0 Å². The van der Waals surface area contributed by atoms with Gasteiger partial charge in [0.25, 0.3) is 0 Å². The second kappa shape index (κ2) is 7.79. The van der Waals surface area contributed by atoms with E-state index in [-0.39, 0.29) is 5.17 Å². The second-order valence-corrected chi connectivity index (χ2v) is 5.67. The first kappa shape index (κ1) is 18.0. The van der Waals surface area contributed by atoms with Crippen LogP contribution in [0.25, 0.3) is 0 Å². The van der Waals surface area contributed by atoms with Crippen molar-refractivity contribution in [3.8, 4) is 0 Å². The molecule has 0 amide bonds. The second-order valence-electron chi connectivity index (χ2n) is 5.31. The van der Waals surface area contributed by atoms with Crippen LogP contribution in [0.2, 0.25) is 0 Å². The molecule has 1 aromatic rings. The predicted molar refractivity (Wildman–Crippen MR) is 85.2 cm³/mol. The molecule has 1 N–H and O–H groups in total.